The molecule has 61 valence electrons. The van der Waals surface area contributed by atoms with Gasteiger partial charge in [0.15, 0.2) is 0 Å². The summed E-state index contributed by atoms with van der Waals surface area (Å²) >= 11 is 0. The number of hydrogen-bond donors (Lipinski definition) is 2. The number of nitrogens with two attached hydrogens (primary N) is 1. The minimum Gasteiger partial charge on any atom is -0.330 e. The summed E-state index contributed by atoms with van der Waals surface area (Å²) in [5.74, 6) is 0. The Bertz CT molecular complexity index is 175. The van der Waals surface area contributed by atoms with Crippen LogP contribution in [-0.4, -0.2) is 24.8 Å². The van der Waals surface area contributed by atoms with Gasteiger partial charge in [0, 0.05) is 0 Å². The number of hydrogen-bond acceptors (Lipinski definition) is 3. The maximum absolute atomic E-state index is 10.4. The molecule has 4 nitrogen and oxygen atoms in total. The Kier molecular flexibility index (Phi) is 3.85. The molecule has 0 aromatic rings. The van der Waals surface area contributed by atoms with Crippen LogP contribution in [0, 0.1) is 6.92 Å². The van der Waals surface area contributed by atoms with E-state index in [1.807, 2.05) is 0 Å². The van der Waals surface area contributed by atoms with Gasteiger partial charge < -0.3 is 5.73 Å². The van der Waals surface area contributed by atoms with Crippen molar-refractivity contribution in [2.45, 2.75) is 18.1 Å². The fourth-order valence-corrected chi connectivity index (χ4v) is 1.36. The van der Waals surface area contributed by atoms with E-state index in [1.165, 1.54) is 0 Å². The molecule has 10 heavy (non-hydrogen) atoms. The minimum absolute atomic E-state index is 0.163. The second-order valence-corrected chi connectivity index (χ2v) is 3.70. The molecule has 0 aliphatic heterocycles. The van der Waals surface area contributed by atoms with Crippen molar-refractivity contribution < 1.29 is 13.0 Å². The summed E-state index contributed by atoms with van der Waals surface area (Å²) in [4.78, 5) is 0. The average Bonchev–Trinajstić information content (AvgIpc) is 1.80. The van der Waals surface area contributed by atoms with Gasteiger partial charge in [-0.3, -0.25) is 4.55 Å². The van der Waals surface area contributed by atoms with E-state index in [0.717, 1.165) is 0 Å². The van der Waals surface area contributed by atoms with E-state index >= 15 is 0 Å². The molecule has 0 aliphatic rings. The van der Waals surface area contributed by atoms with Crippen LogP contribution in [0.25, 0.3) is 0 Å². The van der Waals surface area contributed by atoms with Crippen molar-refractivity contribution in [2.75, 3.05) is 6.54 Å². The van der Waals surface area contributed by atoms with Crippen LogP contribution in [0.1, 0.15) is 12.8 Å². The molecule has 0 spiro atoms. The van der Waals surface area contributed by atoms with Gasteiger partial charge in [-0.1, -0.05) is 6.92 Å². The fraction of sp³-hybridized carbons (Fsp3) is 0.800. The summed E-state index contributed by atoms with van der Waals surface area (Å²) in [6, 6.07) is 0. The van der Waals surface area contributed by atoms with Gasteiger partial charge in [-0.05, 0) is 19.4 Å². The molecule has 0 aromatic heterocycles. The molecule has 0 saturated carbocycles. The van der Waals surface area contributed by atoms with Gasteiger partial charge >= 0.3 is 0 Å². The lowest BCUT2D eigenvalue weighted by Crippen LogP contribution is -2.22. The summed E-state index contributed by atoms with van der Waals surface area (Å²) in [7, 11) is -3.92. The standard InChI is InChI=1S/C5H12NO3S/c1-2-5(3-4-6)10(7,8)9/h5H,1-4,6H2,(H,7,8,9). The van der Waals surface area contributed by atoms with Crippen molar-refractivity contribution in [2.24, 2.45) is 5.73 Å². The highest BCUT2D eigenvalue weighted by Gasteiger charge is 2.19. The van der Waals surface area contributed by atoms with Crippen LogP contribution in [0.3, 0.4) is 0 Å². The van der Waals surface area contributed by atoms with Gasteiger partial charge in [0.25, 0.3) is 10.1 Å². The molecule has 0 aromatic carbocycles. The zero-order chi connectivity index (χ0) is 8.20. The van der Waals surface area contributed by atoms with E-state index in [2.05, 4.69) is 6.92 Å². The minimum atomic E-state index is -3.92. The Hall–Kier alpha value is -0.130. The lowest BCUT2D eigenvalue weighted by molar-refractivity contribution is 0.462. The predicted molar refractivity (Wildman–Crippen MR) is 39.0 cm³/mol. The molecule has 1 unspecified atom stereocenters. The van der Waals surface area contributed by atoms with Crippen LogP contribution in [0.2, 0.25) is 0 Å². The smallest absolute Gasteiger partial charge is 0.267 e. The quantitative estimate of drug-likeness (QED) is 0.567. The predicted octanol–water partition coefficient (Wildman–Crippen LogP) is -0.184. The zero-order valence-electron chi connectivity index (χ0n) is 5.66. The Balaban J connectivity index is 4.08. The first kappa shape index (κ1) is 9.87. The van der Waals surface area contributed by atoms with Crippen molar-refractivity contribution >= 4 is 10.1 Å². The topological polar surface area (TPSA) is 80.4 Å². The summed E-state index contributed by atoms with van der Waals surface area (Å²) in [6.07, 6.45) is 0.429. The molecule has 0 aliphatic carbocycles. The van der Waals surface area contributed by atoms with Crippen LogP contribution in [0.4, 0.5) is 0 Å². The van der Waals surface area contributed by atoms with Crippen molar-refractivity contribution in [1.29, 1.82) is 0 Å². The Labute approximate surface area is 61.2 Å². The van der Waals surface area contributed by atoms with E-state index in [0.29, 0.717) is 0 Å². The Morgan fingerprint density at radius 1 is 1.60 bits per heavy atom. The average molecular weight is 166 g/mol. The summed E-state index contributed by atoms with van der Waals surface area (Å²) in [5, 5.41) is -0.794. The maximum Gasteiger partial charge on any atom is 0.267 e. The molecular weight excluding hydrogens is 154 g/mol. The van der Waals surface area contributed by atoms with Crippen molar-refractivity contribution in [1.82, 2.24) is 0 Å². The molecule has 0 bridgehead atoms. The largest absolute Gasteiger partial charge is 0.330 e. The van der Waals surface area contributed by atoms with Gasteiger partial charge in [0.2, 0.25) is 0 Å². The van der Waals surface area contributed by atoms with Crippen LogP contribution < -0.4 is 5.73 Å². The van der Waals surface area contributed by atoms with Gasteiger partial charge in [-0.15, -0.1) is 0 Å². The molecular formula is C5H12NO3S. The maximum atomic E-state index is 10.4. The van der Waals surface area contributed by atoms with Gasteiger partial charge in [0.05, 0.1) is 5.25 Å². The lowest BCUT2D eigenvalue weighted by Gasteiger charge is -2.08. The fourth-order valence-electron chi connectivity index (χ4n) is 0.628. The van der Waals surface area contributed by atoms with Crippen LogP contribution in [0.15, 0.2) is 0 Å². The van der Waals surface area contributed by atoms with E-state index in [-0.39, 0.29) is 19.4 Å². The third kappa shape index (κ3) is 3.14. The van der Waals surface area contributed by atoms with Crippen LogP contribution in [-0.2, 0) is 10.1 Å². The summed E-state index contributed by atoms with van der Waals surface area (Å²) in [5.41, 5.74) is 5.10. The van der Waals surface area contributed by atoms with E-state index < -0.39 is 15.4 Å². The Morgan fingerprint density at radius 2 is 2.10 bits per heavy atom. The monoisotopic (exact) mass is 166 g/mol. The van der Waals surface area contributed by atoms with Crippen molar-refractivity contribution in [3.05, 3.63) is 6.92 Å². The zero-order valence-corrected chi connectivity index (χ0v) is 6.47. The van der Waals surface area contributed by atoms with E-state index in [1.54, 1.807) is 0 Å². The highest BCUT2D eigenvalue weighted by Crippen LogP contribution is 2.06. The first-order valence-corrected chi connectivity index (χ1v) is 4.48. The molecule has 0 rings (SSSR count). The van der Waals surface area contributed by atoms with Gasteiger partial charge in [0.1, 0.15) is 0 Å². The first-order valence-electron chi connectivity index (χ1n) is 2.98. The molecule has 0 saturated heterocycles. The molecule has 1 radical (unpaired) electrons. The molecule has 0 heterocycles. The third-order valence-corrected chi connectivity index (χ3v) is 2.55. The highest BCUT2D eigenvalue weighted by atomic mass is 32.2. The molecule has 0 amide bonds. The SMILES string of the molecule is [CH2]CC(CCN)S(=O)(=O)O. The second kappa shape index (κ2) is 3.90. The van der Waals surface area contributed by atoms with Crippen LogP contribution in [0.5, 0.6) is 0 Å². The summed E-state index contributed by atoms with van der Waals surface area (Å²) < 4.78 is 29.3. The normalized spacial score (nSPS) is 15.1. The second-order valence-electron chi connectivity index (χ2n) is 2.00. The molecule has 1 atom stereocenters. The molecule has 3 N–H and O–H groups in total. The molecule has 0 fully saturated rings. The first-order chi connectivity index (χ1) is 4.52. The lowest BCUT2D eigenvalue weighted by atomic mass is 10.2. The van der Waals surface area contributed by atoms with Crippen molar-refractivity contribution in [3.8, 4) is 0 Å². The number of rotatable bonds is 4. The van der Waals surface area contributed by atoms with E-state index in [4.69, 9.17) is 10.3 Å². The van der Waals surface area contributed by atoms with Gasteiger partial charge in [-0.2, -0.15) is 8.42 Å². The highest BCUT2D eigenvalue weighted by molar-refractivity contribution is 7.86. The van der Waals surface area contributed by atoms with Crippen LogP contribution >= 0.6 is 0 Å². The molecule has 5 heteroatoms. The van der Waals surface area contributed by atoms with E-state index in [9.17, 15) is 8.42 Å². The van der Waals surface area contributed by atoms with Crippen molar-refractivity contribution in [3.63, 3.8) is 0 Å². The summed E-state index contributed by atoms with van der Waals surface area (Å²) in [6.45, 7) is 3.63. The third-order valence-electron chi connectivity index (χ3n) is 1.23. The van der Waals surface area contributed by atoms with Gasteiger partial charge in [-0.25, -0.2) is 0 Å². The Morgan fingerprint density at radius 3 is 2.20 bits per heavy atom.